The second kappa shape index (κ2) is 6.74. The number of aryl methyl sites for hydroxylation is 2. The molecular weight excluding hydrogens is 264 g/mol. The van der Waals surface area contributed by atoms with Crippen molar-refractivity contribution in [3.63, 3.8) is 0 Å². The molecule has 1 aromatic carbocycles. The van der Waals surface area contributed by atoms with Crippen LogP contribution in [0.5, 0.6) is 5.88 Å². The molecule has 0 fully saturated rings. The number of hydrogen-bond donors (Lipinski definition) is 2. The van der Waals surface area contributed by atoms with Gasteiger partial charge in [-0.15, -0.1) is 0 Å². The van der Waals surface area contributed by atoms with E-state index in [9.17, 15) is 0 Å². The van der Waals surface area contributed by atoms with Gasteiger partial charge in [0, 0.05) is 11.8 Å². The van der Waals surface area contributed by atoms with Gasteiger partial charge in [-0.3, -0.25) is 0 Å². The Labute approximate surface area is 124 Å². The van der Waals surface area contributed by atoms with Gasteiger partial charge in [0.25, 0.3) is 0 Å². The molecule has 1 aromatic heterocycles. The fourth-order valence-electron chi connectivity index (χ4n) is 1.83. The Balaban J connectivity index is 2.01. The molecule has 2 aromatic rings. The molecule has 0 spiro atoms. The number of ether oxygens (including phenoxy) is 1. The molecular formula is C16H20N4O. The number of pyridine rings is 1. The molecule has 5 heteroatoms. The van der Waals surface area contributed by atoms with E-state index >= 15 is 0 Å². The van der Waals surface area contributed by atoms with Crippen LogP contribution in [0, 0.1) is 13.8 Å². The van der Waals surface area contributed by atoms with Gasteiger partial charge in [0.2, 0.25) is 5.88 Å². The summed E-state index contributed by atoms with van der Waals surface area (Å²) in [6, 6.07) is 11.6. The van der Waals surface area contributed by atoms with Crippen LogP contribution in [0.2, 0.25) is 0 Å². The van der Waals surface area contributed by atoms with Crippen molar-refractivity contribution in [2.45, 2.75) is 20.4 Å². The number of aliphatic imine (C=N–C) groups is 1. The average Bonchev–Trinajstić information content (AvgIpc) is 2.49. The lowest BCUT2D eigenvalue weighted by Crippen LogP contribution is -2.22. The third kappa shape index (κ3) is 4.21. The van der Waals surface area contributed by atoms with Gasteiger partial charge >= 0.3 is 0 Å². The maximum atomic E-state index is 5.89. The molecule has 5 nitrogen and oxygen atoms in total. The Morgan fingerprint density at radius 1 is 1.24 bits per heavy atom. The first-order chi connectivity index (χ1) is 10.1. The molecule has 3 N–H and O–H groups in total. The molecule has 110 valence electrons. The number of nitrogens with two attached hydrogens (primary N) is 1. The number of nitrogens with one attached hydrogen (secondary N) is 1. The molecule has 0 atom stereocenters. The van der Waals surface area contributed by atoms with E-state index in [0.29, 0.717) is 18.4 Å². The van der Waals surface area contributed by atoms with Crippen molar-refractivity contribution in [2.75, 3.05) is 12.4 Å². The summed E-state index contributed by atoms with van der Waals surface area (Å²) in [5.41, 5.74) is 10.1. The second-order valence-electron chi connectivity index (χ2n) is 4.80. The van der Waals surface area contributed by atoms with Crippen molar-refractivity contribution in [3.05, 3.63) is 53.2 Å². The first-order valence-electron chi connectivity index (χ1n) is 6.72. The quantitative estimate of drug-likeness (QED) is 0.668. The molecule has 0 radical (unpaired) electrons. The predicted octanol–water partition coefficient (Wildman–Crippen LogP) is 2.63. The molecule has 0 saturated heterocycles. The molecule has 0 aliphatic heterocycles. The van der Waals surface area contributed by atoms with Gasteiger partial charge in [-0.25, -0.2) is 9.98 Å². The maximum absolute atomic E-state index is 5.89. The van der Waals surface area contributed by atoms with E-state index in [1.807, 2.05) is 24.3 Å². The van der Waals surface area contributed by atoms with Crippen LogP contribution >= 0.6 is 0 Å². The number of nitrogens with zero attached hydrogens (tertiary/aromatic N) is 2. The van der Waals surface area contributed by atoms with Crippen molar-refractivity contribution in [3.8, 4) is 5.88 Å². The summed E-state index contributed by atoms with van der Waals surface area (Å²) < 4.78 is 5.08. The molecule has 0 bridgehead atoms. The Morgan fingerprint density at radius 2 is 2.05 bits per heavy atom. The third-order valence-electron chi connectivity index (χ3n) is 3.18. The van der Waals surface area contributed by atoms with Crippen molar-refractivity contribution in [2.24, 2.45) is 10.7 Å². The minimum atomic E-state index is 0.364. The predicted molar refractivity (Wildman–Crippen MR) is 85.7 cm³/mol. The summed E-state index contributed by atoms with van der Waals surface area (Å²) in [5, 5.41) is 3.08. The smallest absolute Gasteiger partial charge is 0.213 e. The minimum absolute atomic E-state index is 0.364. The van der Waals surface area contributed by atoms with Crippen LogP contribution in [-0.4, -0.2) is 18.1 Å². The van der Waals surface area contributed by atoms with E-state index < -0.39 is 0 Å². The fourth-order valence-corrected chi connectivity index (χ4v) is 1.83. The van der Waals surface area contributed by atoms with E-state index in [0.717, 1.165) is 11.4 Å². The van der Waals surface area contributed by atoms with Gasteiger partial charge in [-0.05, 0) is 43.2 Å². The summed E-state index contributed by atoms with van der Waals surface area (Å²) in [6.45, 7) is 4.54. The molecule has 0 saturated carbocycles. The molecule has 21 heavy (non-hydrogen) atoms. The van der Waals surface area contributed by atoms with Gasteiger partial charge in [-0.1, -0.05) is 12.1 Å². The lowest BCUT2D eigenvalue weighted by molar-refractivity contribution is 0.396. The highest BCUT2D eigenvalue weighted by Gasteiger charge is 2.00. The van der Waals surface area contributed by atoms with Crippen LogP contribution in [0.25, 0.3) is 0 Å². The van der Waals surface area contributed by atoms with Crippen molar-refractivity contribution < 1.29 is 4.74 Å². The largest absolute Gasteiger partial charge is 0.481 e. The minimum Gasteiger partial charge on any atom is -0.481 e. The number of rotatable bonds is 4. The van der Waals surface area contributed by atoms with Crippen LogP contribution in [-0.2, 0) is 6.54 Å². The van der Waals surface area contributed by atoms with Crippen molar-refractivity contribution in [1.29, 1.82) is 0 Å². The Bertz CT molecular complexity index is 652. The number of hydrogen-bond acceptors (Lipinski definition) is 3. The highest BCUT2D eigenvalue weighted by molar-refractivity contribution is 5.92. The summed E-state index contributed by atoms with van der Waals surface area (Å²) >= 11 is 0. The van der Waals surface area contributed by atoms with Gasteiger partial charge in [0.1, 0.15) is 0 Å². The highest BCUT2D eigenvalue weighted by atomic mass is 16.5. The van der Waals surface area contributed by atoms with E-state index in [1.54, 1.807) is 13.2 Å². The Hall–Kier alpha value is -2.56. The maximum Gasteiger partial charge on any atom is 0.213 e. The van der Waals surface area contributed by atoms with Crippen LogP contribution in [0.4, 0.5) is 5.69 Å². The van der Waals surface area contributed by atoms with Crippen LogP contribution < -0.4 is 15.8 Å². The normalized spacial score (nSPS) is 11.3. The SMILES string of the molecule is COc1cccc(CN=C(N)Nc2ccc(C)c(C)c2)n1. The monoisotopic (exact) mass is 284 g/mol. The van der Waals surface area contributed by atoms with E-state index in [4.69, 9.17) is 10.5 Å². The zero-order valence-corrected chi connectivity index (χ0v) is 12.6. The van der Waals surface area contributed by atoms with Crippen molar-refractivity contribution in [1.82, 2.24) is 4.98 Å². The van der Waals surface area contributed by atoms with Gasteiger partial charge in [0.05, 0.1) is 19.3 Å². The van der Waals surface area contributed by atoms with Gasteiger partial charge in [0.15, 0.2) is 5.96 Å². The molecule has 0 unspecified atom stereocenters. The molecule has 0 aliphatic rings. The van der Waals surface area contributed by atoms with Crippen LogP contribution in [0.1, 0.15) is 16.8 Å². The first-order valence-corrected chi connectivity index (χ1v) is 6.72. The van der Waals surface area contributed by atoms with Gasteiger partial charge in [-0.2, -0.15) is 0 Å². The standard InChI is InChI=1S/C16H20N4O/c1-11-7-8-13(9-12(11)2)20-16(17)18-10-14-5-4-6-15(19-14)21-3/h4-9H,10H2,1-3H3,(H3,17,18,20). The first kappa shape index (κ1) is 14.8. The summed E-state index contributed by atoms with van der Waals surface area (Å²) in [7, 11) is 1.59. The van der Waals surface area contributed by atoms with Gasteiger partial charge < -0.3 is 15.8 Å². The molecule has 2 rings (SSSR count). The van der Waals surface area contributed by atoms with Crippen molar-refractivity contribution >= 4 is 11.6 Å². The van der Waals surface area contributed by atoms with E-state index in [2.05, 4.69) is 35.2 Å². The van der Waals surface area contributed by atoms with E-state index in [-0.39, 0.29) is 0 Å². The molecule has 1 heterocycles. The fraction of sp³-hybridized carbons (Fsp3) is 0.250. The summed E-state index contributed by atoms with van der Waals surface area (Å²) in [4.78, 5) is 8.57. The molecule has 0 aliphatic carbocycles. The third-order valence-corrected chi connectivity index (χ3v) is 3.18. The summed E-state index contributed by atoms with van der Waals surface area (Å²) in [5.74, 6) is 0.936. The highest BCUT2D eigenvalue weighted by Crippen LogP contribution is 2.14. The lowest BCUT2D eigenvalue weighted by Gasteiger charge is -2.08. The Morgan fingerprint density at radius 3 is 2.76 bits per heavy atom. The zero-order valence-electron chi connectivity index (χ0n) is 12.6. The number of guanidine groups is 1. The zero-order chi connectivity index (χ0) is 15.2. The average molecular weight is 284 g/mol. The number of anilines is 1. The van der Waals surface area contributed by atoms with E-state index in [1.165, 1.54) is 11.1 Å². The Kier molecular flexibility index (Phi) is 4.77. The molecule has 0 amide bonds. The topological polar surface area (TPSA) is 72.5 Å². The lowest BCUT2D eigenvalue weighted by atomic mass is 10.1. The van der Waals surface area contributed by atoms with Crippen LogP contribution in [0.15, 0.2) is 41.4 Å². The number of methoxy groups -OCH3 is 1. The second-order valence-corrected chi connectivity index (χ2v) is 4.80. The number of benzene rings is 1. The van der Waals surface area contributed by atoms with Crippen LogP contribution in [0.3, 0.4) is 0 Å². The summed E-state index contributed by atoms with van der Waals surface area (Å²) in [6.07, 6.45) is 0. The number of aromatic nitrogens is 1.